The first-order valence-corrected chi connectivity index (χ1v) is 6.66. The Bertz CT molecular complexity index is 257. The maximum Gasteiger partial charge on any atom is 0.0932 e. The van der Waals surface area contributed by atoms with Gasteiger partial charge in [-0.2, -0.15) is 0 Å². The fraction of sp³-hybridized carbons (Fsp3) is 1.00. The van der Waals surface area contributed by atoms with Crippen molar-refractivity contribution in [3.8, 4) is 0 Å². The zero-order valence-electron chi connectivity index (χ0n) is 10.9. The number of hydrogen-bond acceptors (Lipinski definition) is 4. The maximum atomic E-state index is 10.3. The average Bonchev–Trinajstić information content (AvgIpc) is 2.57. The summed E-state index contributed by atoms with van der Waals surface area (Å²) in [4.78, 5) is 2.32. The molecule has 0 aromatic rings. The monoisotopic (exact) mass is 243 g/mol. The normalized spacial score (nSPS) is 38.5. The van der Waals surface area contributed by atoms with Gasteiger partial charge in [-0.25, -0.2) is 0 Å². The largest absolute Gasteiger partial charge is 0.394 e. The lowest BCUT2D eigenvalue weighted by Crippen LogP contribution is -2.47. The molecule has 2 aliphatic rings. The Balaban J connectivity index is 1.85. The van der Waals surface area contributed by atoms with Gasteiger partial charge in [0, 0.05) is 19.6 Å². The molecule has 1 aliphatic heterocycles. The lowest BCUT2D eigenvalue weighted by Gasteiger charge is -2.35. The molecule has 0 radical (unpaired) electrons. The number of hydrogen-bond donors (Lipinski definition) is 2. The van der Waals surface area contributed by atoms with Crippen molar-refractivity contribution in [1.82, 2.24) is 4.90 Å². The molecule has 0 aromatic heterocycles. The highest BCUT2D eigenvalue weighted by Gasteiger charge is 2.41. The van der Waals surface area contributed by atoms with Crippen LogP contribution in [0.2, 0.25) is 0 Å². The summed E-state index contributed by atoms with van der Waals surface area (Å²) in [5.41, 5.74) is 0.0628. The van der Waals surface area contributed by atoms with Crippen molar-refractivity contribution in [1.29, 1.82) is 0 Å². The van der Waals surface area contributed by atoms with E-state index in [-0.39, 0.29) is 24.2 Å². The number of rotatable bonds is 3. The number of aliphatic hydroxyl groups excluding tert-OH is 2. The van der Waals surface area contributed by atoms with E-state index in [4.69, 9.17) is 9.84 Å². The standard InChI is InChI=1S/C13H25NO3/c1-13(2)4-3-10(12(13)16)7-14-5-6-17-11(8-14)9-15/h10-12,15-16H,3-9H2,1-2H3. The summed E-state index contributed by atoms with van der Waals surface area (Å²) >= 11 is 0. The quantitative estimate of drug-likeness (QED) is 0.757. The first-order valence-electron chi connectivity index (χ1n) is 6.66. The van der Waals surface area contributed by atoms with E-state index >= 15 is 0 Å². The van der Waals surface area contributed by atoms with Crippen LogP contribution in [-0.4, -0.2) is 60.2 Å². The Labute approximate surface area is 104 Å². The van der Waals surface area contributed by atoms with Crippen LogP contribution in [0.3, 0.4) is 0 Å². The van der Waals surface area contributed by atoms with Crippen LogP contribution in [0, 0.1) is 11.3 Å². The second-order valence-corrected chi connectivity index (χ2v) is 6.17. The maximum absolute atomic E-state index is 10.3. The molecule has 4 heteroatoms. The van der Waals surface area contributed by atoms with E-state index in [1.165, 1.54) is 0 Å². The minimum Gasteiger partial charge on any atom is -0.394 e. The zero-order chi connectivity index (χ0) is 12.5. The van der Waals surface area contributed by atoms with Gasteiger partial charge >= 0.3 is 0 Å². The van der Waals surface area contributed by atoms with Gasteiger partial charge in [0.1, 0.15) is 0 Å². The molecule has 3 unspecified atom stereocenters. The first kappa shape index (κ1) is 13.3. The lowest BCUT2D eigenvalue weighted by molar-refractivity contribution is -0.0625. The van der Waals surface area contributed by atoms with Crippen LogP contribution in [0.1, 0.15) is 26.7 Å². The van der Waals surface area contributed by atoms with Gasteiger partial charge in [0.25, 0.3) is 0 Å². The van der Waals surface area contributed by atoms with E-state index in [9.17, 15) is 5.11 Å². The van der Waals surface area contributed by atoms with Crippen molar-refractivity contribution < 1.29 is 14.9 Å². The molecule has 1 saturated heterocycles. The number of aliphatic hydroxyl groups is 2. The van der Waals surface area contributed by atoms with Crippen molar-refractivity contribution in [3.05, 3.63) is 0 Å². The van der Waals surface area contributed by atoms with E-state index < -0.39 is 0 Å². The van der Waals surface area contributed by atoms with Gasteiger partial charge in [-0.1, -0.05) is 13.8 Å². The third-order valence-corrected chi connectivity index (χ3v) is 4.33. The molecule has 0 amide bonds. The van der Waals surface area contributed by atoms with Gasteiger partial charge in [-0.05, 0) is 24.2 Å². The van der Waals surface area contributed by atoms with Gasteiger partial charge < -0.3 is 14.9 Å². The average molecular weight is 243 g/mol. The summed E-state index contributed by atoms with van der Waals surface area (Å²) in [5.74, 6) is 0.377. The molecule has 3 atom stereocenters. The minimum absolute atomic E-state index is 0.0460. The van der Waals surface area contributed by atoms with Crippen LogP contribution in [0.15, 0.2) is 0 Å². The molecule has 1 aliphatic carbocycles. The molecular weight excluding hydrogens is 218 g/mol. The predicted molar refractivity (Wildman–Crippen MR) is 65.8 cm³/mol. The van der Waals surface area contributed by atoms with Gasteiger partial charge in [0.2, 0.25) is 0 Å². The number of ether oxygens (including phenoxy) is 1. The fourth-order valence-electron chi connectivity index (χ4n) is 3.08. The summed E-state index contributed by atoms with van der Waals surface area (Å²) in [6.07, 6.45) is 1.97. The van der Waals surface area contributed by atoms with E-state index in [1.54, 1.807) is 0 Å². The van der Waals surface area contributed by atoms with Crippen molar-refractivity contribution >= 4 is 0 Å². The smallest absolute Gasteiger partial charge is 0.0932 e. The Kier molecular flexibility index (Phi) is 4.08. The highest BCUT2D eigenvalue weighted by Crippen LogP contribution is 2.41. The van der Waals surface area contributed by atoms with E-state index in [2.05, 4.69) is 18.7 Å². The minimum atomic E-state index is -0.196. The second-order valence-electron chi connectivity index (χ2n) is 6.17. The molecule has 1 heterocycles. The second kappa shape index (κ2) is 5.22. The molecule has 100 valence electrons. The summed E-state index contributed by atoms with van der Waals surface area (Å²) in [5, 5.41) is 19.4. The Morgan fingerprint density at radius 3 is 2.76 bits per heavy atom. The number of morpholine rings is 1. The summed E-state index contributed by atoms with van der Waals surface area (Å²) in [7, 11) is 0. The molecule has 17 heavy (non-hydrogen) atoms. The van der Waals surface area contributed by atoms with E-state index in [0.29, 0.717) is 12.5 Å². The first-order chi connectivity index (χ1) is 8.03. The van der Waals surface area contributed by atoms with E-state index in [1.807, 2.05) is 0 Å². The van der Waals surface area contributed by atoms with Crippen LogP contribution in [0.25, 0.3) is 0 Å². The Hall–Kier alpha value is -0.160. The van der Waals surface area contributed by atoms with Crippen molar-refractivity contribution in [3.63, 3.8) is 0 Å². The molecule has 2 N–H and O–H groups in total. The molecule has 0 aromatic carbocycles. The van der Waals surface area contributed by atoms with Crippen LogP contribution < -0.4 is 0 Å². The molecule has 0 bridgehead atoms. The molecule has 1 saturated carbocycles. The zero-order valence-corrected chi connectivity index (χ0v) is 10.9. The molecular formula is C13H25NO3. The van der Waals surface area contributed by atoms with Crippen LogP contribution in [0.5, 0.6) is 0 Å². The highest BCUT2D eigenvalue weighted by atomic mass is 16.5. The van der Waals surface area contributed by atoms with Gasteiger partial charge in [-0.15, -0.1) is 0 Å². The summed E-state index contributed by atoms with van der Waals surface area (Å²) in [6.45, 7) is 7.72. The van der Waals surface area contributed by atoms with Crippen molar-refractivity contribution in [2.75, 3.05) is 32.8 Å². The molecule has 2 fully saturated rings. The van der Waals surface area contributed by atoms with Gasteiger partial charge in [-0.3, -0.25) is 4.90 Å². The Morgan fingerprint density at radius 2 is 2.18 bits per heavy atom. The van der Waals surface area contributed by atoms with E-state index in [0.717, 1.165) is 32.5 Å². The topological polar surface area (TPSA) is 52.9 Å². The Morgan fingerprint density at radius 1 is 1.41 bits per heavy atom. The van der Waals surface area contributed by atoms with Gasteiger partial charge in [0.15, 0.2) is 0 Å². The fourth-order valence-corrected chi connectivity index (χ4v) is 3.08. The third-order valence-electron chi connectivity index (χ3n) is 4.33. The molecule has 2 rings (SSSR count). The summed E-state index contributed by atoms with van der Waals surface area (Å²) in [6, 6.07) is 0. The van der Waals surface area contributed by atoms with Crippen LogP contribution in [0.4, 0.5) is 0 Å². The lowest BCUT2D eigenvalue weighted by atomic mass is 9.87. The molecule has 4 nitrogen and oxygen atoms in total. The van der Waals surface area contributed by atoms with Crippen LogP contribution in [-0.2, 0) is 4.74 Å². The third kappa shape index (κ3) is 2.99. The van der Waals surface area contributed by atoms with Crippen LogP contribution >= 0.6 is 0 Å². The van der Waals surface area contributed by atoms with Crippen molar-refractivity contribution in [2.24, 2.45) is 11.3 Å². The summed E-state index contributed by atoms with van der Waals surface area (Å²) < 4.78 is 5.44. The SMILES string of the molecule is CC1(C)CCC(CN2CCOC(CO)C2)C1O. The van der Waals surface area contributed by atoms with Crippen molar-refractivity contribution in [2.45, 2.75) is 38.9 Å². The molecule has 0 spiro atoms. The number of nitrogens with zero attached hydrogens (tertiary/aromatic N) is 1. The predicted octanol–water partition coefficient (Wildman–Crippen LogP) is 0.477. The highest BCUT2D eigenvalue weighted by molar-refractivity contribution is 4.92. The van der Waals surface area contributed by atoms with Gasteiger partial charge in [0.05, 0.1) is 25.4 Å².